The van der Waals surface area contributed by atoms with Gasteiger partial charge < -0.3 is 4.74 Å². The van der Waals surface area contributed by atoms with Gasteiger partial charge in [-0.15, -0.1) is 0 Å². The Morgan fingerprint density at radius 2 is 2.06 bits per heavy atom. The molecule has 1 heterocycles. The summed E-state index contributed by atoms with van der Waals surface area (Å²) in [7, 11) is 0. The Morgan fingerprint density at radius 3 is 2.83 bits per heavy atom. The Balaban J connectivity index is 1.63. The van der Waals surface area contributed by atoms with Gasteiger partial charge in [0.15, 0.2) is 0 Å². The van der Waals surface area contributed by atoms with E-state index < -0.39 is 0 Å². The van der Waals surface area contributed by atoms with Crippen molar-refractivity contribution in [3.05, 3.63) is 29.3 Å². The van der Waals surface area contributed by atoms with Crippen molar-refractivity contribution in [2.24, 2.45) is 5.92 Å². The van der Waals surface area contributed by atoms with Gasteiger partial charge in [0.05, 0.1) is 0 Å². The second-order valence-corrected chi connectivity index (χ2v) is 5.67. The molecule has 0 radical (unpaired) electrons. The van der Waals surface area contributed by atoms with E-state index in [1.165, 1.54) is 44.1 Å². The van der Waals surface area contributed by atoms with Crippen LogP contribution in [0.5, 0.6) is 5.75 Å². The number of benzene rings is 1. The molecule has 1 aliphatic carbocycles. The Labute approximate surface area is 108 Å². The SMILES string of the molecule is O=Cc1ccc2c(c1)C[C@H](CC1CCCCC1)O2. The molecule has 3 rings (SSSR count). The molecule has 2 nitrogen and oxygen atoms in total. The summed E-state index contributed by atoms with van der Waals surface area (Å²) in [5.41, 5.74) is 1.97. The largest absolute Gasteiger partial charge is 0.490 e. The van der Waals surface area contributed by atoms with Gasteiger partial charge in [-0.3, -0.25) is 4.79 Å². The number of hydrogen-bond acceptors (Lipinski definition) is 2. The summed E-state index contributed by atoms with van der Waals surface area (Å²) in [6.45, 7) is 0. The number of rotatable bonds is 3. The number of hydrogen-bond donors (Lipinski definition) is 0. The quantitative estimate of drug-likeness (QED) is 0.756. The van der Waals surface area contributed by atoms with Crippen LogP contribution < -0.4 is 4.74 Å². The van der Waals surface area contributed by atoms with Gasteiger partial charge in [0.2, 0.25) is 0 Å². The van der Waals surface area contributed by atoms with Crippen LogP contribution in [-0.2, 0) is 6.42 Å². The van der Waals surface area contributed by atoms with Crippen LogP contribution in [0.15, 0.2) is 18.2 Å². The zero-order chi connectivity index (χ0) is 12.4. The fourth-order valence-electron chi connectivity index (χ4n) is 3.34. The highest BCUT2D eigenvalue weighted by molar-refractivity contribution is 5.75. The molecule has 0 saturated heterocycles. The molecule has 2 aliphatic rings. The molecule has 0 spiro atoms. The lowest BCUT2D eigenvalue weighted by Gasteiger charge is -2.24. The molecule has 1 aliphatic heterocycles. The summed E-state index contributed by atoms with van der Waals surface area (Å²) < 4.78 is 5.99. The predicted molar refractivity (Wildman–Crippen MR) is 71.1 cm³/mol. The number of fused-ring (bicyclic) bond motifs is 1. The summed E-state index contributed by atoms with van der Waals surface area (Å²) in [6, 6.07) is 5.76. The molecule has 1 saturated carbocycles. The lowest BCUT2D eigenvalue weighted by atomic mass is 9.85. The van der Waals surface area contributed by atoms with E-state index in [1.807, 2.05) is 18.2 Å². The van der Waals surface area contributed by atoms with E-state index in [9.17, 15) is 4.79 Å². The minimum absolute atomic E-state index is 0.338. The zero-order valence-electron chi connectivity index (χ0n) is 10.7. The van der Waals surface area contributed by atoms with Crippen molar-refractivity contribution >= 4 is 6.29 Å². The van der Waals surface area contributed by atoms with Crippen LogP contribution in [0.25, 0.3) is 0 Å². The van der Waals surface area contributed by atoms with Gasteiger partial charge in [-0.1, -0.05) is 32.1 Å². The summed E-state index contributed by atoms with van der Waals surface area (Å²) in [5, 5.41) is 0. The Bertz CT molecular complexity index is 433. The van der Waals surface area contributed by atoms with Gasteiger partial charge in [-0.05, 0) is 36.1 Å². The van der Waals surface area contributed by atoms with Crippen LogP contribution in [0.2, 0.25) is 0 Å². The van der Waals surface area contributed by atoms with E-state index in [1.54, 1.807) is 0 Å². The van der Waals surface area contributed by atoms with Crippen LogP contribution in [0.3, 0.4) is 0 Å². The molecule has 0 amide bonds. The van der Waals surface area contributed by atoms with E-state index in [4.69, 9.17) is 4.74 Å². The van der Waals surface area contributed by atoms with E-state index in [2.05, 4.69) is 0 Å². The minimum atomic E-state index is 0.338. The van der Waals surface area contributed by atoms with E-state index in [0.29, 0.717) is 6.10 Å². The molecule has 1 aromatic rings. The maximum atomic E-state index is 10.8. The first kappa shape index (κ1) is 11.8. The first-order chi connectivity index (χ1) is 8.85. The topological polar surface area (TPSA) is 26.3 Å². The van der Waals surface area contributed by atoms with Crippen molar-refractivity contribution in [2.75, 3.05) is 0 Å². The number of carbonyl (C=O) groups excluding carboxylic acids is 1. The van der Waals surface area contributed by atoms with Crippen molar-refractivity contribution < 1.29 is 9.53 Å². The molecule has 1 fully saturated rings. The van der Waals surface area contributed by atoms with Gasteiger partial charge in [0.1, 0.15) is 18.1 Å². The first-order valence-electron chi connectivity index (χ1n) is 7.10. The fourth-order valence-corrected chi connectivity index (χ4v) is 3.34. The van der Waals surface area contributed by atoms with E-state index >= 15 is 0 Å². The number of carbonyl (C=O) groups is 1. The van der Waals surface area contributed by atoms with Crippen molar-refractivity contribution in [1.82, 2.24) is 0 Å². The van der Waals surface area contributed by atoms with Crippen LogP contribution in [0.1, 0.15) is 54.4 Å². The molecule has 2 heteroatoms. The first-order valence-corrected chi connectivity index (χ1v) is 7.10. The third-order valence-electron chi connectivity index (χ3n) is 4.28. The Kier molecular flexibility index (Phi) is 3.35. The smallest absolute Gasteiger partial charge is 0.150 e. The highest BCUT2D eigenvalue weighted by Gasteiger charge is 2.26. The number of ether oxygens (including phenoxy) is 1. The van der Waals surface area contributed by atoms with Crippen molar-refractivity contribution in [3.63, 3.8) is 0 Å². The molecular weight excluding hydrogens is 224 g/mol. The van der Waals surface area contributed by atoms with Gasteiger partial charge in [0.25, 0.3) is 0 Å². The highest BCUT2D eigenvalue weighted by atomic mass is 16.5. The Morgan fingerprint density at radius 1 is 1.22 bits per heavy atom. The molecular formula is C16H20O2. The molecule has 96 valence electrons. The van der Waals surface area contributed by atoms with Crippen LogP contribution in [0, 0.1) is 5.92 Å². The minimum Gasteiger partial charge on any atom is -0.490 e. The third kappa shape index (κ3) is 2.43. The summed E-state index contributed by atoms with van der Waals surface area (Å²) in [5.74, 6) is 1.84. The maximum Gasteiger partial charge on any atom is 0.150 e. The van der Waals surface area contributed by atoms with Crippen LogP contribution >= 0.6 is 0 Å². The van der Waals surface area contributed by atoms with Gasteiger partial charge in [-0.2, -0.15) is 0 Å². The molecule has 1 aromatic carbocycles. The summed E-state index contributed by atoms with van der Waals surface area (Å²) >= 11 is 0. The van der Waals surface area contributed by atoms with Gasteiger partial charge in [-0.25, -0.2) is 0 Å². The van der Waals surface area contributed by atoms with E-state index in [0.717, 1.165) is 29.9 Å². The van der Waals surface area contributed by atoms with Crippen LogP contribution in [-0.4, -0.2) is 12.4 Å². The number of aldehydes is 1. The molecule has 0 bridgehead atoms. The molecule has 18 heavy (non-hydrogen) atoms. The average Bonchev–Trinajstić information content (AvgIpc) is 2.80. The third-order valence-corrected chi connectivity index (χ3v) is 4.28. The van der Waals surface area contributed by atoms with Crippen molar-refractivity contribution in [3.8, 4) is 5.75 Å². The molecule has 1 atom stereocenters. The van der Waals surface area contributed by atoms with Crippen LogP contribution in [0.4, 0.5) is 0 Å². The lowest BCUT2D eigenvalue weighted by Crippen LogP contribution is -2.19. The van der Waals surface area contributed by atoms with Crippen molar-refractivity contribution in [2.45, 2.75) is 51.0 Å². The second-order valence-electron chi connectivity index (χ2n) is 5.67. The van der Waals surface area contributed by atoms with Crippen molar-refractivity contribution in [1.29, 1.82) is 0 Å². The maximum absolute atomic E-state index is 10.8. The molecule has 0 unspecified atom stereocenters. The Hall–Kier alpha value is -1.31. The summed E-state index contributed by atoms with van der Waals surface area (Å²) in [6.07, 6.45) is 10.3. The standard InChI is InChI=1S/C16H20O2/c17-11-13-6-7-16-14(8-13)10-15(18-16)9-12-4-2-1-3-5-12/h6-8,11-12,15H,1-5,9-10H2/t15-/m0/s1. The van der Waals surface area contributed by atoms with Gasteiger partial charge >= 0.3 is 0 Å². The monoisotopic (exact) mass is 244 g/mol. The fraction of sp³-hybridized carbons (Fsp3) is 0.562. The lowest BCUT2D eigenvalue weighted by molar-refractivity contribution is 0.112. The van der Waals surface area contributed by atoms with E-state index in [-0.39, 0.29) is 0 Å². The average molecular weight is 244 g/mol. The second kappa shape index (κ2) is 5.13. The summed E-state index contributed by atoms with van der Waals surface area (Å²) in [4.78, 5) is 10.8. The molecule has 0 aromatic heterocycles. The normalized spacial score (nSPS) is 23.4. The predicted octanol–water partition coefficient (Wildman–Crippen LogP) is 3.77. The zero-order valence-corrected chi connectivity index (χ0v) is 10.7. The van der Waals surface area contributed by atoms with Gasteiger partial charge in [0, 0.05) is 12.0 Å². The molecule has 0 N–H and O–H groups in total. The highest BCUT2D eigenvalue weighted by Crippen LogP contribution is 2.35.